The normalized spacial score (nSPS) is 20.6. The molecular formula is C23H24FN9O. The number of pyridine rings is 1. The van der Waals surface area contributed by atoms with Gasteiger partial charge in [-0.3, -0.25) is 9.69 Å². The zero-order valence-corrected chi connectivity index (χ0v) is 18.7. The monoisotopic (exact) mass is 461 g/mol. The highest BCUT2D eigenvalue weighted by atomic mass is 19.1. The lowest BCUT2D eigenvalue weighted by molar-refractivity contribution is -0.134. The average molecular weight is 462 g/mol. The molecule has 34 heavy (non-hydrogen) atoms. The van der Waals surface area contributed by atoms with Crippen molar-refractivity contribution in [1.29, 1.82) is 5.26 Å². The maximum absolute atomic E-state index is 13.9. The van der Waals surface area contributed by atoms with Gasteiger partial charge < -0.3 is 10.2 Å². The first-order chi connectivity index (χ1) is 16.5. The van der Waals surface area contributed by atoms with Gasteiger partial charge in [0.1, 0.15) is 18.2 Å². The van der Waals surface area contributed by atoms with Crippen molar-refractivity contribution in [1.82, 2.24) is 40.3 Å². The zero-order chi connectivity index (χ0) is 23.7. The van der Waals surface area contributed by atoms with Crippen LogP contribution in [0.25, 0.3) is 5.82 Å². The lowest BCUT2D eigenvalue weighted by Crippen LogP contribution is -2.62. The van der Waals surface area contributed by atoms with Gasteiger partial charge >= 0.3 is 0 Å². The number of piperazine rings is 2. The van der Waals surface area contributed by atoms with Crippen LogP contribution >= 0.6 is 0 Å². The number of carbonyl (C=O) groups is 1. The first-order valence-electron chi connectivity index (χ1n) is 11.2. The van der Waals surface area contributed by atoms with Crippen molar-refractivity contribution in [2.75, 3.05) is 32.7 Å². The quantitative estimate of drug-likeness (QED) is 0.606. The molecule has 0 aliphatic carbocycles. The van der Waals surface area contributed by atoms with Gasteiger partial charge in [0.15, 0.2) is 5.82 Å². The van der Waals surface area contributed by atoms with Crippen LogP contribution in [0, 0.1) is 24.1 Å². The molecule has 1 aromatic carbocycles. The van der Waals surface area contributed by atoms with Gasteiger partial charge in [0, 0.05) is 51.0 Å². The summed E-state index contributed by atoms with van der Waals surface area (Å²) < 4.78 is 15.4. The van der Waals surface area contributed by atoms with Gasteiger partial charge in [-0.2, -0.15) is 9.94 Å². The van der Waals surface area contributed by atoms with E-state index < -0.39 is 5.82 Å². The van der Waals surface area contributed by atoms with E-state index in [2.05, 4.69) is 30.7 Å². The Kier molecular flexibility index (Phi) is 6.00. The lowest BCUT2D eigenvalue weighted by Gasteiger charge is -2.47. The van der Waals surface area contributed by atoms with Crippen molar-refractivity contribution in [3.8, 4) is 11.9 Å². The molecule has 2 fully saturated rings. The molecule has 2 unspecified atom stereocenters. The van der Waals surface area contributed by atoms with Crippen LogP contribution in [0.1, 0.15) is 28.3 Å². The summed E-state index contributed by atoms with van der Waals surface area (Å²) in [5, 5.41) is 23.8. The minimum atomic E-state index is -0.482. The molecule has 2 aromatic heterocycles. The molecule has 3 aromatic rings. The fourth-order valence-corrected chi connectivity index (χ4v) is 4.76. The highest BCUT2D eigenvalue weighted by Gasteiger charge is 2.35. The van der Waals surface area contributed by atoms with Gasteiger partial charge in [0.25, 0.3) is 0 Å². The fourth-order valence-electron chi connectivity index (χ4n) is 4.76. The average Bonchev–Trinajstić information content (AvgIpc) is 3.39. The van der Waals surface area contributed by atoms with E-state index in [1.165, 1.54) is 17.1 Å². The number of hydrogen-bond donors (Lipinski definition) is 1. The SMILES string of the molecule is Cc1c(C2CN3CCN(C(=O)Cc4ccc(-n5cnnn5)nc4)CC3CN2)ccc(F)c1C#N. The largest absolute Gasteiger partial charge is 0.340 e. The molecule has 11 heteroatoms. The summed E-state index contributed by atoms with van der Waals surface area (Å²) in [4.78, 5) is 21.6. The topological polar surface area (TPSA) is 116 Å². The van der Waals surface area contributed by atoms with Crippen LogP contribution in [-0.4, -0.2) is 79.7 Å². The van der Waals surface area contributed by atoms with Crippen LogP contribution in [0.5, 0.6) is 0 Å². The molecule has 0 spiro atoms. The number of hydrogen-bond acceptors (Lipinski definition) is 8. The van der Waals surface area contributed by atoms with Crippen molar-refractivity contribution in [2.24, 2.45) is 0 Å². The highest BCUT2D eigenvalue weighted by Crippen LogP contribution is 2.27. The van der Waals surface area contributed by atoms with E-state index >= 15 is 0 Å². The number of nitrogens with one attached hydrogen (secondary N) is 1. The Bertz CT molecular complexity index is 1220. The Morgan fingerprint density at radius 1 is 1.26 bits per heavy atom. The van der Waals surface area contributed by atoms with Crippen molar-refractivity contribution in [2.45, 2.75) is 25.4 Å². The summed E-state index contributed by atoms with van der Waals surface area (Å²) in [6.07, 6.45) is 3.44. The van der Waals surface area contributed by atoms with E-state index in [9.17, 15) is 14.4 Å². The Labute approximate surface area is 196 Å². The van der Waals surface area contributed by atoms with Crippen LogP contribution < -0.4 is 5.32 Å². The second kappa shape index (κ2) is 9.24. The van der Waals surface area contributed by atoms with E-state index in [0.29, 0.717) is 24.5 Å². The predicted octanol–water partition coefficient (Wildman–Crippen LogP) is 0.776. The Hall–Kier alpha value is -3.75. The van der Waals surface area contributed by atoms with E-state index in [4.69, 9.17) is 0 Å². The van der Waals surface area contributed by atoms with Crippen LogP contribution in [0.4, 0.5) is 4.39 Å². The highest BCUT2D eigenvalue weighted by molar-refractivity contribution is 5.79. The number of nitrogens with zero attached hydrogens (tertiary/aromatic N) is 8. The Morgan fingerprint density at radius 3 is 2.88 bits per heavy atom. The maximum atomic E-state index is 13.9. The fraction of sp³-hybridized carbons (Fsp3) is 0.391. The Balaban J connectivity index is 1.19. The van der Waals surface area contributed by atoms with Gasteiger partial charge in [-0.1, -0.05) is 12.1 Å². The third kappa shape index (κ3) is 4.25. The summed E-state index contributed by atoms with van der Waals surface area (Å²) in [5.74, 6) is 0.188. The lowest BCUT2D eigenvalue weighted by atomic mass is 9.93. The second-order valence-corrected chi connectivity index (χ2v) is 8.65. The van der Waals surface area contributed by atoms with Crippen molar-refractivity contribution < 1.29 is 9.18 Å². The van der Waals surface area contributed by atoms with E-state index in [0.717, 1.165) is 30.8 Å². The van der Waals surface area contributed by atoms with Crippen LogP contribution in [0.2, 0.25) is 0 Å². The first-order valence-corrected chi connectivity index (χ1v) is 11.2. The number of fused-ring (bicyclic) bond motifs is 1. The van der Waals surface area contributed by atoms with Gasteiger partial charge in [0.2, 0.25) is 5.91 Å². The van der Waals surface area contributed by atoms with E-state index in [1.54, 1.807) is 25.3 Å². The molecule has 0 saturated carbocycles. The minimum Gasteiger partial charge on any atom is -0.340 e. The standard InChI is InChI=1S/C23H24FN9O/c1-15-18(3-4-20(24)19(15)9-25)21-13-31-6-7-32(12-17(31)11-26-21)23(34)8-16-2-5-22(27-10-16)33-14-28-29-30-33/h2-5,10,14,17,21,26H,6-8,11-13H2,1H3. The molecule has 2 saturated heterocycles. The smallest absolute Gasteiger partial charge is 0.227 e. The van der Waals surface area contributed by atoms with Crippen LogP contribution in [-0.2, 0) is 11.2 Å². The molecule has 0 radical (unpaired) electrons. The van der Waals surface area contributed by atoms with E-state index in [-0.39, 0.29) is 30.0 Å². The number of tetrazole rings is 1. The third-order valence-corrected chi connectivity index (χ3v) is 6.67. The van der Waals surface area contributed by atoms with Crippen LogP contribution in [0.3, 0.4) is 0 Å². The van der Waals surface area contributed by atoms with Gasteiger partial charge in [-0.05, 0) is 46.2 Å². The number of aromatic nitrogens is 5. The summed E-state index contributed by atoms with van der Waals surface area (Å²) in [6, 6.07) is 9.00. The number of halogens is 1. The number of rotatable bonds is 4. The first kappa shape index (κ1) is 22.1. The summed E-state index contributed by atoms with van der Waals surface area (Å²) in [5.41, 5.74) is 2.59. The maximum Gasteiger partial charge on any atom is 0.227 e. The van der Waals surface area contributed by atoms with Crippen molar-refractivity contribution >= 4 is 5.91 Å². The molecule has 2 atom stereocenters. The molecule has 2 aliphatic heterocycles. The van der Waals surface area contributed by atoms with Gasteiger partial charge in [-0.15, -0.1) is 5.10 Å². The summed E-state index contributed by atoms with van der Waals surface area (Å²) in [7, 11) is 0. The Morgan fingerprint density at radius 2 is 2.15 bits per heavy atom. The third-order valence-electron chi connectivity index (χ3n) is 6.67. The molecule has 1 amide bonds. The molecule has 5 rings (SSSR count). The van der Waals surface area contributed by atoms with Gasteiger partial charge in [0.05, 0.1) is 12.0 Å². The van der Waals surface area contributed by atoms with Crippen molar-refractivity contribution in [3.05, 3.63) is 64.9 Å². The molecule has 2 aliphatic rings. The minimum absolute atomic E-state index is 0.0241. The van der Waals surface area contributed by atoms with E-state index in [1.807, 2.05) is 17.0 Å². The molecule has 1 N–H and O–H groups in total. The van der Waals surface area contributed by atoms with Crippen LogP contribution in [0.15, 0.2) is 36.8 Å². The predicted molar refractivity (Wildman–Crippen MR) is 119 cm³/mol. The number of amides is 1. The molecular weight excluding hydrogens is 437 g/mol. The van der Waals surface area contributed by atoms with Crippen molar-refractivity contribution in [3.63, 3.8) is 0 Å². The molecule has 174 valence electrons. The number of carbonyl (C=O) groups excluding carboxylic acids is 1. The molecule has 4 heterocycles. The second-order valence-electron chi connectivity index (χ2n) is 8.65. The summed E-state index contributed by atoms with van der Waals surface area (Å²) >= 11 is 0. The number of benzene rings is 1. The van der Waals surface area contributed by atoms with Gasteiger partial charge in [-0.25, -0.2) is 9.37 Å². The summed E-state index contributed by atoms with van der Waals surface area (Å²) in [6.45, 7) is 5.36. The molecule has 10 nitrogen and oxygen atoms in total. The zero-order valence-electron chi connectivity index (χ0n) is 18.7. The number of nitriles is 1. The molecule has 0 bridgehead atoms.